The first-order chi connectivity index (χ1) is 11.4. The van der Waals surface area contributed by atoms with E-state index in [0.717, 1.165) is 12.1 Å². The highest BCUT2D eigenvalue weighted by Gasteiger charge is 2.08. The van der Waals surface area contributed by atoms with Crippen LogP contribution < -0.4 is 10.9 Å². The van der Waals surface area contributed by atoms with E-state index >= 15 is 0 Å². The Morgan fingerprint density at radius 1 is 1.17 bits per heavy atom. The first-order valence-electron chi connectivity index (χ1n) is 7.00. The number of amides is 1. The van der Waals surface area contributed by atoms with E-state index in [1.807, 2.05) is 0 Å². The molecule has 5 nitrogen and oxygen atoms in total. The van der Waals surface area contributed by atoms with Crippen molar-refractivity contribution in [1.82, 2.24) is 9.55 Å². The third-order valence-corrected chi connectivity index (χ3v) is 3.44. The number of aromatic nitrogens is 2. The Balaban J connectivity index is 2.02. The monoisotopic (exact) mass is 328 g/mol. The zero-order valence-corrected chi connectivity index (χ0v) is 12.4. The number of nitrogens with one attached hydrogen (secondary N) is 1. The standard InChI is InChI=1S/C17H12F2N3O2/c1-10(23)21-12-3-5-16-13(7-12)17(24)22(9-20-16)8-11-2-4-14(18)15(19)6-11/h2-7,9H,1,8H2,(H,21,23). The lowest BCUT2D eigenvalue weighted by atomic mass is 10.2. The van der Waals surface area contributed by atoms with E-state index in [0.29, 0.717) is 22.2 Å². The minimum Gasteiger partial charge on any atom is -0.326 e. The van der Waals surface area contributed by atoms with Gasteiger partial charge in [-0.25, -0.2) is 13.8 Å². The van der Waals surface area contributed by atoms with E-state index < -0.39 is 17.5 Å². The van der Waals surface area contributed by atoms with E-state index in [-0.39, 0.29) is 12.1 Å². The van der Waals surface area contributed by atoms with Gasteiger partial charge in [-0.2, -0.15) is 0 Å². The predicted octanol–water partition coefficient (Wildman–Crippen LogP) is 2.50. The molecule has 0 aliphatic rings. The summed E-state index contributed by atoms with van der Waals surface area (Å²) in [5.74, 6) is -2.42. The van der Waals surface area contributed by atoms with Gasteiger partial charge in [0.05, 0.1) is 23.8 Å². The molecule has 3 rings (SSSR count). The van der Waals surface area contributed by atoms with Gasteiger partial charge < -0.3 is 5.32 Å². The van der Waals surface area contributed by atoms with Crippen molar-refractivity contribution in [2.75, 3.05) is 5.32 Å². The van der Waals surface area contributed by atoms with Crippen LogP contribution >= 0.6 is 0 Å². The van der Waals surface area contributed by atoms with Crippen LogP contribution in [0.4, 0.5) is 14.5 Å². The number of fused-ring (bicyclic) bond motifs is 1. The number of nitrogens with zero attached hydrogens (tertiary/aromatic N) is 2. The summed E-state index contributed by atoms with van der Waals surface area (Å²) in [4.78, 5) is 27.7. The van der Waals surface area contributed by atoms with E-state index in [2.05, 4.69) is 17.2 Å². The van der Waals surface area contributed by atoms with Crippen molar-refractivity contribution in [3.05, 3.63) is 77.2 Å². The van der Waals surface area contributed by atoms with Gasteiger partial charge >= 0.3 is 0 Å². The molecule has 2 aromatic carbocycles. The molecule has 1 heterocycles. The smallest absolute Gasteiger partial charge is 0.261 e. The zero-order valence-electron chi connectivity index (χ0n) is 12.4. The van der Waals surface area contributed by atoms with Gasteiger partial charge in [-0.3, -0.25) is 14.2 Å². The van der Waals surface area contributed by atoms with Crippen LogP contribution in [-0.2, 0) is 11.3 Å². The molecular weight excluding hydrogens is 316 g/mol. The lowest BCUT2D eigenvalue weighted by Crippen LogP contribution is -2.21. The fourth-order valence-electron chi connectivity index (χ4n) is 2.35. The van der Waals surface area contributed by atoms with Gasteiger partial charge in [0.2, 0.25) is 5.91 Å². The second-order valence-corrected chi connectivity index (χ2v) is 5.21. The largest absolute Gasteiger partial charge is 0.326 e. The van der Waals surface area contributed by atoms with Gasteiger partial charge in [0.15, 0.2) is 11.6 Å². The molecule has 1 radical (unpaired) electrons. The molecule has 0 saturated carbocycles. The maximum absolute atomic E-state index is 13.3. The fourth-order valence-corrected chi connectivity index (χ4v) is 2.35. The molecular formula is C17H12F2N3O2. The van der Waals surface area contributed by atoms with E-state index in [9.17, 15) is 18.4 Å². The molecule has 0 atom stereocenters. The number of carbonyl (C=O) groups excluding carboxylic acids is 1. The van der Waals surface area contributed by atoms with Crippen LogP contribution in [0.15, 0.2) is 47.5 Å². The summed E-state index contributed by atoms with van der Waals surface area (Å²) >= 11 is 0. The third kappa shape index (κ3) is 3.15. The molecule has 0 saturated heterocycles. The minimum absolute atomic E-state index is 0.0465. The third-order valence-electron chi connectivity index (χ3n) is 3.44. The molecule has 0 aliphatic heterocycles. The Labute approximate surface area is 135 Å². The molecule has 1 N–H and O–H groups in total. The van der Waals surface area contributed by atoms with Gasteiger partial charge in [-0.15, -0.1) is 0 Å². The average Bonchev–Trinajstić information content (AvgIpc) is 2.53. The van der Waals surface area contributed by atoms with Crippen LogP contribution in [0.3, 0.4) is 0 Å². The Hall–Kier alpha value is -3.09. The highest BCUT2D eigenvalue weighted by atomic mass is 19.2. The first kappa shape index (κ1) is 15.8. The summed E-state index contributed by atoms with van der Waals surface area (Å²) in [7, 11) is 0. The number of rotatable bonds is 3. The number of halogens is 2. The molecule has 1 aromatic heterocycles. The predicted molar refractivity (Wildman–Crippen MR) is 85.4 cm³/mol. The van der Waals surface area contributed by atoms with Crippen molar-refractivity contribution in [3.63, 3.8) is 0 Å². The summed E-state index contributed by atoms with van der Waals surface area (Å²) in [6.07, 6.45) is 1.34. The van der Waals surface area contributed by atoms with Crippen LogP contribution in [-0.4, -0.2) is 15.5 Å². The lowest BCUT2D eigenvalue weighted by molar-refractivity contribution is -0.112. The second-order valence-electron chi connectivity index (χ2n) is 5.21. The van der Waals surface area contributed by atoms with Gasteiger partial charge in [-0.1, -0.05) is 6.07 Å². The van der Waals surface area contributed by atoms with Crippen molar-refractivity contribution in [1.29, 1.82) is 0 Å². The Kier molecular flexibility index (Phi) is 4.07. The molecule has 0 unspecified atom stereocenters. The molecule has 121 valence electrons. The Morgan fingerprint density at radius 2 is 1.96 bits per heavy atom. The Morgan fingerprint density at radius 3 is 2.67 bits per heavy atom. The molecule has 24 heavy (non-hydrogen) atoms. The first-order valence-corrected chi connectivity index (χ1v) is 7.00. The Bertz CT molecular complexity index is 999. The van der Waals surface area contributed by atoms with E-state index in [1.165, 1.54) is 23.0 Å². The number of carbonyl (C=O) groups is 1. The molecule has 1 amide bonds. The van der Waals surface area contributed by atoms with Crippen molar-refractivity contribution < 1.29 is 13.6 Å². The molecule has 0 aliphatic carbocycles. The van der Waals surface area contributed by atoms with Crippen molar-refractivity contribution in [3.8, 4) is 0 Å². The molecule has 0 spiro atoms. The second kappa shape index (κ2) is 6.19. The molecule has 3 aromatic rings. The van der Waals surface area contributed by atoms with Crippen LogP contribution in [0.25, 0.3) is 10.9 Å². The van der Waals surface area contributed by atoms with Gasteiger partial charge in [-0.05, 0) is 35.9 Å². The van der Waals surface area contributed by atoms with Gasteiger partial charge in [0.1, 0.15) is 0 Å². The summed E-state index contributed by atoms with van der Waals surface area (Å²) in [5.41, 5.74) is 0.958. The van der Waals surface area contributed by atoms with Crippen molar-refractivity contribution >= 4 is 22.5 Å². The van der Waals surface area contributed by atoms with Crippen LogP contribution in [0.1, 0.15) is 5.56 Å². The van der Waals surface area contributed by atoms with Crippen LogP contribution in [0.5, 0.6) is 0 Å². The summed E-state index contributed by atoms with van der Waals surface area (Å²) in [6, 6.07) is 8.14. The highest BCUT2D eigenvalue weighted by molar-refractivity contribution is 5.95. The summed E-state index contributed by atoms with van der Waals surface area (Å²) < 4.78 is 27.5. The maximum Gasteiger partial charge on any atom is 0.261 e. The summed E-state index contributed by atoms with van der Waals surface area (Å²) in [6.45, 7) is 3.26. The maximum atomic E-state index is 13.3. The van der Waals surface area contributed by atoms with Gasteiger partial charge in [0.25, 0.3) is 5.56 Å². The summed E-state index contributed by atoms with van der Waals surface area (Å²) in [5, 5.41) is 2.79. The minimum atomic E-state index is -0.977. The SMILES string of the molecule is [CH2]C(=O)Nc1ccc2ncn(Cc3ccc(F)c(F)c3)c(=O)c2c1. The normalized spacial score (nSPS) is 10.8. The zero-order chi connectivity index (χ0) is 17.3. The fraction of sp³-hybridized carbons (Fsp3) is 0.0588. The lowest BCUT2D eigenvalue weighted by Gasteiger charge is -2.08. The number of benzene rings is 2. The molecule has 0 fully saturated rings. The quantitative estimate of drug-likeness (QED) is 0.803. The van der Waals surface area contributed by atoms with Gasteiger partial charge in [0, 0.05) is 12.6 Å². The topological polar surface area (TPSA) is 64.0 Å². The van der Waals surface area contributed by atoms with Crippen molar-refractivity contribution in [2.45, 2.75) is 6.54 Å². The average molecular weight is 328 g/mol. The van der Waals surface area contributed by atoms with Crippen LogP contribution in [0, 0.1) is 18.6 Å². The van der Waals surface area contributed by atoms with E-state index in [1.54, 1.807) is 12.1 Å². The molecule has 7 heteroatoms. The number of anilines is 1. The van der Waals surface area contributed by atoms with E-state index in [4.69, 9.17) is 0 Å². The van der Waals surface area contributed by atoms with Crippen LogP contribution in [0.2, 0.25) is 0 Å². The molecule has 0 bridgehead atoms. The number of hydrogen-bond acceptors (Lipinski definition) is 3. The number of hydrogen-bond donors (Lipinski definition) is 1. The highest BCUT2D eigenvalue weighted by Crippen LogP contribution is 2.15. The van der Waals surface area contributed by atoms with Crippen molar-refractivity contribution in [2.24, 2.45) is 0 Å².